The van der Waals surface area contributed by atoms with Crippen molar-refractivity contribution < 1.29 is 9.53 Å². The van der Waals surface area contributed by atoms with Crippen LogP contribution in [-0.2, 0) is 22.0 Å². The van der Waals surface area contributed by atoms with Crippen LogP contribution in [0.1, 0.15) is 32.3 Å². The number of aryl methyl sites for hydroxylation is 1. The SMILES string of the molecule is CC[C@]1(c2cccc(-c3ccnn3C)c2)C2=CN=NC2NC2=C1C(=O)N[C@](C)(COC)C2. The number of aromatic nitrogens is 2. The lowest BCUT2D eigenvalue weighted by atomic mass is 9.62. The Labute approximate surface area is 187 Å². The molecule has 0 radical (unpaired) electrons. The predicted octanol–water partition coefficient (Wildman–Crippen LogP) is 3.19. The molecule has 8 heteroatoms. The highest BCUT2D eigenvalue weighted by molar-refractivity contribution is 6.00. The molecule has 1 aromatic carbocycles. The summed E-state index contributed by atoms with van der Waals surface area (Å²) in [4.78, 5) is 13.7. The van der Waals surface area contributed by atoms with Crippen LogP contribution in [0.15, 0.2) is 69.8 Å². The fourth-order valence-corrected chi connectivity index (χ4v) is 5.53. The van der Waals surface area contributed by atoms with Crippen molar-refractivity contribution in [3.63, 3.8) is 0 Å². The molecular formula is C24H28N6O2. The molecule has 166 valence electrons. The fraction of sp³-hybridized carbons (Fsp3) is 0.417. The maximum atomic E-state index is 13.7. The lowest BCUT2D eigenvalue weighted by Crippen LogP contribution is -2.60. The first-order valence-electron chi connectivity index (χ1n) is 10.9. The Hall–Kier alpha value is -3.26. The van der Waals surface area contributed by atoms with Gasteiger partial charge in [-0.2, -0.15) is 15.3 Å². The van der Waals surface area contributed by atoms with Gasteiger partial charge in [0, 0.05) is 43.6 Å². The number of nitrogens with zero attached hydrogens (tertiary/aromatic N) is 4. The highest BCUT2D eigenvalue weighted by Crippen LogP contribution is 2.51. The molecule has 1 unspecified atom stereocenters. The molecular weight excluding hydrogens is 404 g/mol. The molecule has 0 saturated carbocycles. The number of ether oxygens (including phenoxy) is 1. The maximum absolute atomic E-state index is 13.7. The second kappa shape index (κ2) is 7.41. The number of carbonyl (C=O) groups is 1. The molecule has 0 saturated heterocycles. The first-order chi connectivity index (χ1) is 15.4. The molecule has 8 nitrogen and oxygen atoms in total. The van der Waals surface area contributed by atoms with E-state index in [1.165, 1.54) is 0 Å². The van der Waals surface area contributed by atoms with Crippen molar-refractivity contribution in [1.29, 1.82) is 0 Å². The number of methoxy groups -OCH3 is 1. The summed E-state index contributed by atoms with van der Waals surface area (Å²) in [5.74, 6) is -0.0719. The van der Waals surface area contributed by atoms with Crippen molar-refractivity contribution in [2.75, 3.05) is 13.7 Å². The second-order valence-electron chi connectivity index (χ2n) is 9.02. The van der Waals surface area contributed by atoms with Crippen LogP contribution in [0.2, 0.25) is 0 Å². The molecule has 0 aliphatic carbocycles. The number of amides is 1. The number of fused-ring (bicyclic) bond motifs is 1. The lowest BCUT2D eigenvalue weighted by Gasteiger charge is -2.48. The van der Waals surface area contributed by atoms with E-state index in [1.807, 2.05) is 37.0 Å². The van der Waals surface area contributed by atoms with Crippen LogP contribution in [0.5, 0.6) is 0 Å². The average molecular weight is 433 g/mol. The van der Waals surface area contributed by atoms with Gasteiger partial charge in [0.15, 0.2) is 6.17 Å². The van der Waals surface area contributed by atoms with Crippen LogP contribution in [0, 0.1) is 0 Å². The van der Waals surface area contributed by atoms with Gasteiger partial charge in [0.1, 0.15) is 0 Å². The van der Waals surface area contributed by atoms with Gasteiger partial charge in [0.05, 0.1) is 35.0 Å². The van der Waals surface area contributed by atoms with Crippen molar-refractivity contribution in [3.05, 3.63) is 65.1 Å². The summed E-state index contributed by atoms with van der Waals surface area (Å²) in [6.07, 6.45) is 4.69. The van der Waals surface area contributed by atoms with Gasteiger partial charge in [-0.25, -0.2) is 0 Å². The van der Waals surface area contributed by atoms with Gasteiger partial charge in [0.25, 0.3) is 5.91 Å². The summed E-state index contributed by atoms with van der Waals surface area (Å²) in [5.41, 5.74) is 4.71. The van der Waals surface area contributed by atoms with Crippen LogP contribution in [-0.4, -0.2) is 41.1 Å². The minimum Gasteiger partial charge on any atom is -0.382 e. The maximum Gasteiger partial charge on any atom is 0.250 e. The van der Waals surface area contributed by atoms with E-state index in [0.717, 1.165) is 33.7 Å². The zero-order chi connectivity index (χ0) is 22.5. The quantitative estimate of drug-likeness (QED) is 0.759. The smallest absolute Gasteiger partial charge is 0.250 e. The Kier molecular flexibility index (Phi) is 4.78. The minimum atomic E-state index is -0.623. The van der Waals surface area contributed by atoms with E-state index in [-0.39, 0.29) is 12.1 Å². The third kappa shape index (κ3) is 2.93. The zero-order valence-electron chi connectivity index (χ0n) is 18.8. The number of hydrogen-bond donors (Lipinski definition) is 2. The highest BCUT2D eigenvalue weighted by Gasteiger charge is 2.53. The zero-order valence-corrected chi connectivity index (χ0v) is 18.8. The van der Waals surface area contributed by atoms with E-state index in [1.54, 1.807) is 13.3 Å². The highest BCUT2D eigenvalue weighted by atomic mass is 16.5. The molecule has 3 atom stereocenters. The molecule has 2 N–H and O–H groups in total. The molecule has 2 aromatic rings. The van der Waals surface area contributed by atoms with Gasteiger partial charge < -0.3 is 15.4 Å². The lowest BCUT2D eigenvalue weighted by molar-refractivity contribution is -0.121. The number of nitrogens with one attached hydrogen (secondary N) is 2. The predicted molar refractivity (Wildman–Crippen MR) is 121 cm³/mol. The summed E-state index contributed by atoms with van der Waals surface area (Å²) in [7, 11) is 3.59. The molecule has 4 heterocycles. The summed E-state index contributed by atoms with van der Waals surface area (Å²) in [5, 5.41) is 19.7. The van der Waals surface area contributed by atoms with Crippen LogP contribution in [0.4, 0.5) is 0 Å². The van der Waals surface area contributed by atoms with Crippen LogP contribution >= 0.6 is 0 Å². The van der Waals surface area contributed by atoms with Gasteiger partial charge >= 0.3 is 0 Å². The van der Waals surface area contributed by atoms with Gasteiger partial charge in [0.2, 0.25) is 0 Å². The summed E-state index contributed by atoms with van der Waals surface area (Å²) in [6.45, 7) is 4.57. The van der Waals surface area contributed by atoms with E-state index in [4.69, 9.17) is 4.74 Å². The molecule has 32 heavy (non-hydrogen) atoms. The number of azo groups is 1. The average Bonchev–Trinajstić information content (AvgIpc) is 3.41. The second-order valence-corrected chi connectivity index (χ2v) is 9.02. The third-order valence-corrected chi connectivity index (χ3v) is 6.88. The molecule has 0 fully saturated rings. The molecule has 1 aromatic heterocycles. The Morgan fingerprint density at radius 2 is 2.16 bits per heavy atom. The van der Waals surface area contributed by atoms with Crippen molar-refractivity contribution in [2.45, 2.75) is 43.8 Å². The van der Waals surface area contributed by atoms with Gasteiger partial charge in [-0.3, -0.25) is 9.48 Å². The molecule has 5 rings (SSSR count). The van der Waals surface area contributed by atoms with Crippen molar-refractivity contribution in [2.24, 2.45) is 17.3 Å². The number of rotatable bonds is 5. The van der Waals surface area contributed by atoms with Crippen LogP contribution in [0.25, 0.3) is 11.3 Å². The minimum absolute atomic E-state index is 0.0719. The Morgan fingerprint density at radius 1 is 1.31 bits per heavy atom. The van der Waals surface area contributed by atoms with Gasteiger partial charge in [-0.1, -0.05) is 25.1 Å². The topological polar surface area (TPSA) is 92.9 Å². The van der Waals surface area contributed by atoms with E-state index < -0.39 is 11.0 Å². The van der Waals surface area contributed by atoms with E-state index in [9.17, 15) is 4.79 Å². The summed E-state index contributed by atoms with van der Waals surface area (Å²) in [6, 6.07) is 10.4. The van der Waals surface area contributed by atoms with Gasteiger partial charge in [-0.15, -0.1) is 0 Å². The number of carbonyl (C=O) groups excluding carboxylic acids is 1. The molecule has 1 amide bonds. The monoisotopic (exact) mass is 432 g/mol. The van der Waals surface area contributed by atoms with E-state index >= 15 is 0 Å². The Balaban J connectivity index is 1.71. The fourth-order valence-electron chi connectivity index (χ4n) is 5.53. The summed E-state index contributed by atoms with van der Waals surface area (Å²) >= 11 is 0. The first kappa shape index (κ1) is 20.6. The van der Waals surface area contributed by atoms with Crippen molar-refractivity contribution in [3.8, 4) is 11.3 Å². The third-order valence-electron chi connectivity index (χ3n) is 6.88. The van der Waals surface area contributed by atoms with Crippen LogP contribution < -0.4 is 10.6 Å². The normalized spacial score (nSPS) is 28.7. The van der Waals surface area contributed by atoms with Gasteiger partial charge in [-0.05, 0) is 31.0 Å². The Morgan fingerprint density at radius 3 is 2.88 bits per heavy atom. The van der Waals surface area contributed by atoms with Crippen molar-refractivity contribution >= 4 is 5.91 Å². The van der Waals surface area contributed by atoms with E-state index in [2.05, 4.69) is 51.1 Å². The standard InChI is InChI=1S/C24H28N6O2/c1-5-24(16-8-6-7-15(11-16)19-9-10-26-30(19)3)17-13-25-29-21(17)27-18-12-23(2,14-32-4)28-22(31)20(18)24/h6-11,13,21,27H,5,12,14H2,1-4H3,(H,28,31)/t21?,23-,24-/m0/s1. The van der Waals surface area contributed by atoms with Crippen LogP contribution in [0.3, 0.4) is 0 Å². The summed E-state index contributed by atoms with van der Waals surface area (Å²) < 4.78 is 7.26. The first-order valence-corrected chi connectivity index (χ1v) is 10.9. The molecule has 0 bridgehead atoms. The molecule has 3 aliphatic heterocycles. The molecule has 3 aliphatic rings. The molecule has 0 spiro atoms. The Bertz CT molecular complexity index is 1180. The van der Waals surface area contributed by atoms with E-state index in [0.29, 0.717) is 19.4 Å². The van der Waals surface area contributed by atoms with Crippen molar-refractivity contribution in [1.82, 2.24) is 20.4 Å². The number of benzene rings is 1. The number of hydrogen-bond acceptors (Lipinski definition) is 6. The largest absolute Gasteiger partial charge is 0.382 e.